The molecule has 3 N–H and O–H groups in total. The Morgan fingerprint density at radius 1 is 0.909 bits per heavy atom. The number of allylic oxidation sites excluding steroid dienone is 1. The van der Waals surface area contributed by atoms with Gasteiger partial charge in [-0.15, -0.1) is 0 Å². The number of hydrogen-bond donors (Lipinski definition) is 3. The van der Waals surface area contributed by atoms with Gasteiger partial charge in [-0.2, -0.15) is 0 Å². The minimum atomic E-state index is -0.364. The molecule has 1 aromatic heterocycles. The zero-order valence-corrected chi connectivity index (χ0v) is 18.3. The summed E-state index contributed by atoms with van der Waals surface area (Å²) >= 11 is 0. The lowest BCUT2D eigenvalue weighted by atomic mass is 9.86. The molecule has 4 aromatic rings. The van der Waals surface area contributed by atoms with Crippen LogP contribution in [-0.2, 0) is 6.42 Å². The van der Waals surface area contributed by atoms with Crippen molar-refractivity contribution in [3.63, 3.8) is 0 Å². The summed E-state index contributed by atoms with van der Waals surface area (Å²) in [4.78, 5) is 3.18. The van der Waals surface area contributed by atoms with E-state index in [9.17, 15) is 10.2 Å². The van der Waals surface area contributed by atoms with E-state index in [1.807, 2.05) is 61.7 Å². The van der Waals surface area contributed by atoms with Gasteiger partial charge in [-0.3, -0.25) is 0 Å². The Morgan fingerprint density at radius 3 is 2.48 bits per heavy atom. The van der Waals surface area contributed by atoms with Crippen LogP contribution in [-0.4, -0.2) is 21.8 Å². The van der Waals surface area contributed by atoms with E-state index in [4.69, 9.17) is 9.47 Å². The lowest BCUT2D eigenvalue weighted by molar-refractivity contribution is 0.259. The summed E-state index contributed by atoms with van der Waals surface area (Å²) in [5.41, 5.74) is 5.77. The molecule has 1 aliphatic heterocycles. The van der Waals surface area contributed by atoms with E-state index in [2.05, 4.69) is 4.98 Å². The number of aromatic nitrogens is 1. The Morgan fingerprint density at radius 2 is 1.73 bits per heavy atom. The van der Waals surface area contributed by atoms with E-state index in [0.29, 0.717) is 12.4 Å². The fraction of sp³-hybridized carbons (Fsp3) is 0.143. The SMILES string of the molecule is CC1=C(c2cccc(O)c2)C(c2ccc(OCCc3ccc[nH]3)cc2)Oc2ccc(O)cc21. The van der Waals surface area contributed by atoms with E-state index >= 15 is 0 Å². The molecule has 0 spiro atoms. The Hall–Kier alpha value is -4.12. The molecule has 5 rings (SSSR count). The highest BCUT2D eigenvalue weighted by Crippen LogP contribution is 2.47. The van der Waals surface area contributed by atoms with Gasteiger partial charge in [0, 0.05) is 29.4 Å². The molecular formula is C28H25NO4. The first kappa shape index (κ1) is 20.8. The molecule has 0 amide bonds. The van der Waals surface area contributed by atoms with Crippen molar-refractivity contribution >= 4 is 11.1 Å². The average Bonchev–Trinajstić information content (AvgIpc) is 3.33. The third kappa shape index (κ3) is 4.30. The first-order chi connectivity index (χ1) is 16.1. The Bertz CT molecular complexity index is 1290. The second kappa shape index (κ2) is 8.79. The molecule has 5 heteroatoms. The number of aromatic hydroxyl groups is 2. The predicted molar refractivity (Wildman–Crippen MR) is 129 cm³/mol. The van der Waals surface area contributed by atoms with Gasteiger partial charge in [-0.25, -0.2) is 0 Å². The molecule has 3 aromatic carbocycles. The number of hydrogen-bond acceptors (Lipinski definition) is 4. The number of phenolic OH excluding ortho intramolecular Hbond substituents is 2. The number of rotatable bonds is 6. The van der Waals surface area contributed by atoms with E-state index in [1.165, 1.54) is 0 Å². The van der Waals surface area contributed by atoms with Crippen LogP contribution in [0.5, 0.6) is 23.0 Å². The number of phenols is 2. The van der Waals surface area contributed by atoms with Crippen molar-refractivity contribution in [1.82, 2.24) is 4.98 Å². The van der Waals surface area contributed by atoms with Crippen molar-refractivity contribution in [3.05, 3.63) is 107 Å². The van der Waals surface area contributed by atoms with Crippen LogP contribution in [0.3, 0.4) is 0 Å². The van der Waals surface area contributed by atoms with Crippen LogP contribution in [0.2, 0.25) is 0 Å². The largest absolute Gasteiger partial charge is 0.508 e. The second-order valence-electron chi connectivity index (χ2n) is 8.13. The minimum Gasteiger partial charge on any atom is -0.508 e. The molecule has 0 fully saturated rings. The van der Waals surface area contributed by atoms with Gasteiger partial charge in [0.1, 0.15) is 29.1 Å². The van der Waals surface area contributed by atoms with Gasteiger partial charge in [-0.1, -0.05) is 24.3 Å². The average molecular weight is 440 g/mol. The third-order valence-corrected chi connectivity index (χ3v) is 5.92. The van der Waals surface area contributed by atoms with E-state index < -0.39 is 0 Å². The first-order valence-corrected chi connectivity index (χ1v) is 10.9. The summed E-state index contributed by atoms with van der Waals surface area (Å²) in [6.07, 6.45) is 2.36. The molecule has 0 bridgehead atoms. The maximum atomic E-state index is 10.1. The number of H-pyrrole nitrogens is 1. The quantitative estimate of drug-likeness (QED) is 0.339. The number of fused-ring (bicyclic) bond motifs is 1. The van der Waals surface area contributed by atoms with Crippen molar-refractivity contribution in [1.29, 1.82) is 0 Å². The predicted octanol–water partition coefficient (Wildman–Crippen LogP) is 6.11. The van der Waals surface area contributed by atoms with Crippen molar-refractivity contribution in [2.24, 2.45) is 0 Å². The molecule has 0 radical (unpaired) electrons. The maximum Gasteiger partial charge on any atom is 0.150 e. The van der Waals surface area contributed by atoms with Crippen LogP contribution in [0.4, 0.5) is 0 Å². The van der Waals surface area contributed by atoms with Crippen LogP contribution >= 0.6 is 0 Å². The summed E-state index contributed by atoms with van der Waals surface area (Å²) in [6.45, 7) is 2.61. The Kier molecular flexibility index (Phi) is 5.53. The molecule has 1 atom stereocenters. The van der Waals surface area contributed by atoms with Gasteiger partial charge in [0.25, 0.3) is 0 Å². The molecular weight excluding hydrogens is 414 g/mol. The van der Waals surface area contributed by atoms with Gasteiger partial charge in [0.05, 0.1) is 6.61 Å². The highest BCUT2D eigenvalue weighted by atomic mass is 16.5. The number of nitrogens with one attached hydrogen (secondary N) is 1. The van der Waals surface area contributed by atoms with Gasteiger partial charge >= 0.3 is 0 Å². The monoisotopic (exact) mass is 439 g/mol. The highest BCUT2D eigenvalue weighted by molar-refractivity contribution is 5.95. The molecule has 0 aliphatic carbocycles. The Labute approximate surface area is 192 Å². The zero-order valence-electron chi connectivity index (χ0n) is 18.3. The van der Waals surface area contributed by atoms with Crippen molar-refractivity contribution in [2.75, 3.05) is 6.61 Å². The molecule has 166 valence electrons. The standard InChI is InChI=1S/C28H25NO4/c1-18-25-17-23(31)9-12-26(25)33-28(27(18)20-4-2-6-22(30)16-20)19-7-10-24(11-8-19)32-15-13-21-5-3-14-29-21/h2-12,14,16-17,28-31H,13,15H2,1H3. The van der Waals surface area contributed by atoms with Crippen molar-refractivity contribution < 1.29 is 19.7 Å². The van der Waals surface area contributed by atoms with E-state index in [1.54, 1.807) is 30.3 Å². The van der Waals surface area contributed by atoms with Crippen LogP contribution < -0.4 is 9.47 Å². The molecule has 0 saturated carbocycles. The zero-order chi connectivity index (χ0) is 22.8. The fourth-order valence-corrected chi connectivity index (χ4v) is 4.26. The maximum absolute atomic E-state index is 10.1. The summed E-state index contributed by atoms with van der Waals surface area (Å²) in [5.74, 6) is 1.89. The topological polar surface area (TPSA) is 74.7 Å². The van der Waals surface area contributed by atoms with Gasteiger partial charge < -0.3 is 24.7 Å². The van der Waals surface area contributed by atoms with Crippen LogP contribution in [0.25, 0.3) is 11.1 Å². The van der Waals surface area contributed by atoms with Crippen LogP contribution in [0.15, 0.2) is 85.1 Å². The summed E-state index contributed by atoms with van der Waals surface area (Å²) in [6, 6.07) is 24.2. The van der Waals surface area contributed by atoms with E-state index in [0.717, 1.165) is 45.7 Å². The molecule has 1 unspecified atom stereocenters. The summed E-state index contributed by atoms with van der Waals surface area (Å²) in [7, 11) is 0. The molecule has 33 heavy (non-hydrogen) atoms. The Balaban J connectivity index is 1.45. The normalized spacial score (nSPS) is 15.1. The fourth-order valence-electron chi connectivity index (χ4n) is 4.26. The number of aromatic amines is 1. The third-order valence-electron chi connectivity index (χ3n) is 5.92. The first-order valence-electron chi connectivity index (χ1n) is 10.9. The molecule has 5 nitrogen and oxygen atoms in total. The smallest absolute Gasteiger partial charge is 0.150 e. The second-order valence-corrected chi connectivity index (χ2v) is 8.13. The van der Waals surface area contributed by atoms with Gasteiger partial charge in [0.2, 0.25) is 0 Å². The molecule has 2 heterocycles. The van der Waals surface area contributed by atoms with Gasteiger partial charge in [0.15, 0.2) is 0 Å². The number of ether oxygens (including phenoxy) is 2. The minimum absolute atomic E-state index is 0.186. The number of benzene rings is 3. The molecule has 1 aliphatic rings. The van der Waals surface area contributed by atoms with Gasteiger partial charge in [-0.05, 0) is 78.2 Å². The summed E-state index contributed by atoms with van der Waals surface area (Å²) in [5, 5.41) is 20.1. The highest BCUT2D eigenvalue weighted by Gasteiger charge is 2.29. The summed E-state index contributed by atoms with van der Waals surface area (Å²) < 4.78 is 12.3. The van der Waals surface area contributed by atoms with Crippen molar-refractivity contribution in [3.8, 4) is 23.0 Å². The molecule has 0 saturated heterocycles. The lowest BCUT2D eigenvalue weighted by Gasteiger charge is -2.31. The van der Waals surface area contributed by atoms with E-state index in [-0.39, 0.29) is 17.6 Å². The van der Waals surface area contributed by atoms with Crippen LogP contribution in [0.1, 0.15) is 35.4 Å². The lowest BCUT2D eigenvalue weighted by Crippen LogP contribution is -2.16. The van der Waals surface area contributed by atoms with Crippen LogP contribution in [0, 0.1) is 0 Å². The van der Waals surface area contributed by atoms with Crippen molar-refractivity contribution in [2.45, 2.75) is 19.4 Å².